The van der Waals surface area contributed by atoms with Gasteiger partial charge in [0.25, 0.3) is 0 Å². The molecule has 280 valence electrons. The molecule has 2 atom stereocenters. The van der Waals surface area contributed by atoms with Crippen molar-refractivity contribution in [2.75, 3.05) is 66.1 Å². The molecule has 2 saturated heterocycles. The molecule has 0 bridgehead atoms. The Morgan fingerprint density at radius 3 is 1.09 bits per heavy atom. The number of hydrogen-bond donors (Lipinski definition) is 0. The van der Waals surface area contributed by atoms with E-state index in [9.17, 15) is 61.5 Å². The van der Waals surface area contributed by atoms with Crippen molar-refractivity contribution in [3.63, 3.8) is 0 Å². The van der Waals surface area contributed by atoms with E-state index in [1.165, 1.54) is 0 Å². The lowest BCUT2D eigenvalue weighted by atomic mass is 9.98. The van der Waals surface area contributed by atoms with Gasteiger partial charge in [-0.2, -0.15) is 61.5 Å². The molecular formula is C26H36F14O7. The molecule has 0 amide bonds. The summed E-state index contributed by atoms with van der Waals surface area (Å²) in [5.74, 6) is -26.2. The summed E-state index contributed by atoms with van der Waals surface area (Å²) in [5.41, 5.74) is 0. The van der Waals surface area contributed by atoms with Gasteiger partial charge in [-0.05, 0) is 25.7 Å². The standard InChI is InChI=1S/C26H36F14O7/c27-21(28,23(31,32)25(35,36)37)17-43-15-13-41-11-7-19(5-1-3-9-45-19)47-20(6-2-4-10-46-20)8-12-42-14-16-44-18-22(29,30)24(33,34)26(38,39)40/h1-18H2. The minimum absolute atomic E-state index is 0.0475. The molecular weight excluding hydrogens is 690 g/mol. The Hall–Kier alpha value is -1.26. The number of hydrogen-bond acceptors (Lipinski definition) is 7. The van der Waals surface area contributed by atoms with Crippen molar-refractivity contribution in [2.24, 2.45) is 0 Å². The quantitative estimate of drug-likeness (QED) is 0.0964. The molecule has 2 unspecified atom stereocenters. The van der Waals surface area contributed by atoms with Crippen LogP contribution in [0.4, 0.5) is 61.5 Å². The fourth-order valence-electron chi connectivity index (χ4n) is 4.54. The fourth-order valence-corrected chi connectivity index (χ4v) is 4.54. The van der Waals surface area contributed by atoms with E-state index in [2.05, 4.69) is 9.47 Å². The summed E-state index contributed by atoms with van der Waals surface area (Å²) >= 11 is 0. The average Bonchev–Trinajstić information content (AvgIpc) is 2.95. The van der Waals surface area contributed by atoms with Crippen LogP contribution in [0.25, 0.3) is 0 Å². The Morgan fingerprint density at radius 2 is 0.787 bits per heavy atom. The second-order valence-electron chi connectivity index (χ2n) is 10.9. The first-order valence-electron chi connectivity index (χ1n) is 14.5. The van der Waals surface area contributed by atoms with Crippen LogP contribution >= 0.6 is 0 Å². The summed E-state index contributed by atoms with van der Waals surface area (Å²) in [7, 11) is 0. The molecule has 0 aromatic carbocycles. The third kappa shape index (κ3) is 11.4. The number of rotatable bonds is 20. The maximum absolute atomic E-state index is 13.3. The predicted octanol–water partition coefficient (Wildman–Crippen LogP) is 7.31. The number of alkyl halides is 14. The first-order chi connectivity index (χ1) is 21.5. The van der Waals surface area contributed by atoms with Gasteiger partial charge in [-0.15, -0.1) is 0 Å². The molecule has 2 aliphatic heterocycles. The minimum atomic E-state index is -6.48. The summed E-state index contributed by atoms with van der Waals surface area (Å²) < 4.78 is 216. The first-order valence-corrected chi connectivity index (χ1v) is 14.5. The lowest BCUT2D eigenvalue weighted by molar-refractivity contribution is -0.383. The van der Waals surface area contributed by atoms with Crippen LogP contribution in [-0.4, -0.2) is 114 Å². The summed E-state index contributed by atoms with van der Waals surface area (Å²) in [5, 5.41) is 0. The van der Waals surface area contributed by atoms with Crippen LogP contribution < -0.4 is 0 Å². The van der Waals surface area contributed by atoms with Gasteiger partial charge in [0, 0.05) is 25.7 Å². The van der Waals surface area contributed by atoms with E-state index in [0.717, 1.165) is 0 Å². The lowest BCUT2D eigenvalue weighted by Crippen LogP contribution is -2.54. The zero-order chi connectivity index (χ0) is 35.7. The third-order valence-electron chi connectivity index (χ3n) is 7.20. The summed E-state index contributed by atoms with van der Waals surface area (Å²) in [6.07, 6.45) is -9.50. The van der Waals surface area contributed by atoms with Crippen LogP contribution in [0.5, 0.6) is 0 Å². The smallest absolute Gasteiger partial charge is 0.379 e. The van der Waals surface area contributed by atoms with Crippen molar-refractivity contribution < 1.29 is 94.6 Å². The molecule has 2 rings (SSSR count). The third-order valence-corrected chi connectivity index (χ3v) is 7.20. The van der Waals surface area contributed by atoms with E-state index >= 15 is 0 Å². The van der Waals surface area contributed by atoms with Crippen LogP contribution in [0.3, 0.4) is 0 Å². The highest BCUT2D eigenvalue weighted by Crippen LogP contribution is 2.47. The molecule has 0 aromatic heterocycles. The Morgan fingerprint density at radius 1 is 0.447 bits per heavy atom. The largest absolute Gasteiger partial charge is 0.459 e. The predicted molar refractivity (Wildman–Crippen MR) is 131 cm³/mol. The van der Waals surface area contributed by atoms with Crippen molar-refractivity contribution in [3.05, 3.63) is 0 Å². The fraction of sp³-hybridized carbons (Fsp3) is 1.00. The van der Waals surface area contributed by atoms with Gasteiger partial charge in [0.15, 0.2) is 11.6 Å². The molecule has 0 aliphatic carbocycles. The number of halogens is 14. The van der Waals surface area contributed by atoms with E-state index in [-0.39, 0.29) is 39.3 Å². The van der Waals surface area contributed by atoms with Gasteiger partial charge in [-0.1, -0.05) is 0 Å². The molecule has 0 saturated carbocycles. The van der Waals surface area contributed by atoms with E-state index in [1.54, 1.807) is 0 Å². The maximum Gasteiger partial charge on any atom is 0.459 e. The lowest BCUT2D eigenvalue weighted by Gasteiger charge is -2.46. The average molecular weight is 727 g/mol. The zero-order valence-electron chi connectivity index (χ0n) is 24.9. The summed E-state index contributed by atoms with van der Waals surface area (Å²) in [6.45, 7) is -6.48. The zero-order valence-corrected chi connectivity index (χ0v) is 24.9. The molecule has 47 heavy (non-hydrogen) atoms. The molecule has 0 radical (unpaired) electrons. The van der Waals surface area contributed by atoms with Crippen molar-refractivity contribution >= 4 is 0 Å². The number of ether oxygens (including phenoxy) is 7. The molecule has 0 N–H and O–H groups in total. The Bertz CT molecular complexity index is 847. The summed E-state index contributed by atoms with van der Waals surface area (Å²) in [6, 6.07) is 0. The van der Waals surface area contributed by atoms with Gasteiger partial charge in [-0.25, -0.2) is 0 Å². The molecule has 21 heteroatoms. The molecule has 2 aliphatic rings. The van der Waals surface area contributed by atoms with E-state index < -0.39 is 87.3 Å². The Balaban J connectivity index is 1.83. The topological polar surface area (TPSA) is 64.6 Å². The highest BCUT2D eigenvalue weighted by atomic mass is 19.4. The van der Waals surface area contributed by atoms with Crippen LogP contribution in [-0.2, 0) is 33.2 Å². The molecule has 2 heterocycles. The van der Waals surface area contributed by atoms with Crippen molar-refractivity contribution in [2.45, 2.75) is 99.0 Å². The van der Waals surface area contributed by atoms with Crippen molar-refractivity contribution in [3.8, 4) is 0 Å². The van der Waals surface area contributed by atoms with Gasteiger partial charge >= 0.3 is 36.0 Å². The molecule has 2 fully saturated rings. The van der Waals surface area contributed by atoms with Crippen LogP contribution in [0.2, 0.25) is 0 Å². The van der Waals surface area contributed by atoms with Crippen LogP contribution in [0, 0.1) is 0 Å². The molecule has 0 aromatic rings. The first kappa shape index (κ1) is 41.9. The minimum Gasteiger partial charge on any atom is -0.379 e. The van der Waals surface area contributed by atoms with Gasteiger partial charge in [0.1, 0.15) is 13.2 Å². The van der Waals surface area contributed by atoms with E-state index in [0.29, 0.717) is 38.5 Å². The Kier molecular flexibility index (Phi) is 14.8. The normalized spacial score (nSPS) is 24.1. The highest BCUT2D eigenvalue weighted by Gasteiger charge is 2.73. The Labute approximate surface area is 260 Å². The SMILES string of the molecule is FC(F)(F)C(F)(F)C(F)(F)COCCOCCC1(OC2(CCOCCOCC(F)(F)C(F)(F)C(F)(F)F)CCCCO2)CCCCO1. The second kappa shape index (κ2) is 16.6. The summed E-state index contributed by atoms with van der Waals surface area (Å²) in [4.78, 5) is 0. The molecule has 7 nitrogen and oxygen atoms in total. The van der Waals surface area contributed by atoms with E-state index in [4.69, 9.17) is 23.7 Å². The van der Waals surface area contributed by atoms with E-state index in [1.807, 2.05) is 0 Å². The van der Waals surface area contributed by atoms with Gasteiger partial charge in [0.05, 0.1) is 52.9 Å². The molecule has 0 spiro atoms. The van der Waals surface area contributed by atoms with Gasteiger partial charge in [0.2, 0.25) is 0 Å². The van der Waals surface area contributed by atoms with Crippen LogP contribution in [0.1, 0.15) is 51.4 Å². The van der Waals surface area contributed by atoms with Crippen molar-refractivity contribution in [1.82, 2.24) is 0 Å². The van der Waals surface area contributed by atoms with Gasteiger partial charge < -0.3 is 33.2 Å². The second-order valence-corrected chi connectivity index (χ2v) is 10.9. The highest BCUT2D eigenvalue weighted by molar-refractivity contribution is 4.92. The van der Waals surface area contributed by atoms with Crippen LogP contribution in [0.15, 0.2) is 0 Å². The maximum atomic E-state index is 13.3. The van der Waals surface area contributed by atoms with Crippen molar-refractivity contribution in [1.29, 1.82) is 0 Å². The van der Waals surface area contributed by atoms with Gasteiger partial charge in [-0.3, -0.25) is 0 Å². The monoisotopic (exact) mass is 726 g/mol.